The SMILES string of the molecule is O=Cc1cc(C=O)n(-c2ccc(Cl)c(Cl)c2)c1Cl. The molecule has 18 heavy (non-hydrogen) atoms. The van der Waals surface area contributed by atoms with Gasteiger partial charge in [-0.05, 0) is 24.3 Å². The quantitative estimate of drug-likeness (QED) is 0.802. The molecule has 0 aliphatic rings. The summed E-state index contributed by atoms with van der Waals surface area (Å²) in [6.07, 6.45) is 1.20. The van der Waals surface area contributed by atoms with E-state index in [1.54, 1.807) is 18.2 Å². The molecule has 0 spiro atoms. The second-order valence-corrected chi connectivity index (χ2v) is 4.66. The zero-order chi connectivity index (χ0) is 13.3. The van der Waals surface area contributed by atoms with Gasteiger partial charge < -0.3 is 0 Å². The number of halogens is 3. The van der Waals surface area contributed by atoms with E-state index in [0.717, 1.165) is 0 Å². The van der Waals surface area contributed by atoms with Crippen molar-refractivity contribution in [3.05, 3.63) is 50.7 Å². The van der Waals surface area contributed by atoms with Gasteiger partial charge in [0.15, 0.2) is 12.6 Å². The Morgan fingerprint density at radius 2 is 1.67 bits per heavy atom. The second kappa shape index (κ2) is 5.14. The summed E-state index contributed by atoms with van der Waals surface area (Å²) in [6.45, 7) is 0. The predicted molar refractivity (Wildman–Crippen MR) is 71.6 cm³/mol. The predicted octanol–water partition coefficient (Wildman–Crippen LogP) is 4.06. The molecule has 6 heteroatoms. The molecule has 0 N–H and O–H groups in total. The van der Waals surface area contributed by atoms with Gasteiger partial charge in [0.05, 0.1) is 21.3 Å². The Morgan fingerprint density at radius 3 is 2.22 bits per heavy atom. The van der Waals surface area contributed by atoms with Gasteiger partial charge >= 0.3 is 0 Å². The maximum absolute atomic E-state index is 11.0. The van der Waals surface area contributed by atoms with Crippen molar-refractivity contribution in [3.8, 4) is 5.69 Å². The largest absolute Gasteiger partial charge is 0.298 e. The van der Waals surface area contributed by atoms with Crippen LogP contribution in [-0.2, 0) is 0 Å². The molecule has 0 unspecified atom stereocenters. The van der Waals surface area contributed by atoms with Crippen molar-refractivity contribution in [1.82, 2.24) is 4.57 Å². The van der Waals surface area contributed by atoms with Crippen molar-refractivity contribution in [3.63, 3.8) is 0 Å². The summed E-state index contributed by atoms with van der Waals surface area (Å²) in [5.41, 5.74) is 1.06. The summed E-state index contributed by atoms with van der Waals surface area (Å²) in [4.78, 5) is 21.8. The Balaban J connectivity index is 2.69. The van der Waals surface area contributed by atoms with Crippen molar-refractivity contribution in [2.24, 2.45) is 0 Å². The van der Waals surface area contributed by atoms with Gasteiger partial charge in [0.25, 0.3) is 0 Å². The van der Waals surface area contributed by atoms with Gasteiger partial charge in [-0.1, -0.05) is 34.8 Å². The van der Waals surface area contributed by atoms with Crippen molar-refractivity contribution in [1.29, 1.82) is 0 Å². The summed E-state index contributed by atoms with van der Waals surface area (Å²) in [5, 5.41) is 0.890. The van der Waals surface area contributed by atoms with Gasteiger partial charge in [-0.2, -0.15) is 0 Å². The molecular formula is C12H6Cl3NO2. The van der Waals surface area contributed by atoms with Crippen LogP contribution in [0.2, 0.25) is 15.2 Å². The van der Waals surface area contributed by atoms with Gasteiger partial charge in [-0.25, -0.2) is 0 Å². The fourth-order valence-corrected chi connectivity index (χ4v) is 2.17. The minimum absolute atomic E-state index is 0.158. The maximum atomic E-state index is 11.0. The third-order valence-electron chi connectivity index (χ3n) is 2.41. The zero-order valence-corrected chi connectivity index (χ0v) is 11.1. The number of nitrogens with zero attached hydrogens (tertiary/aromatic N) is 1. The van der Waals surface area contributed by atoms with Crippen LogP contribution in [0.25, 0.3) is 5.69 Å². The van der Waals surface area contributed by atoms with E-state index in [1.165, 1.54) is 10.6 Å². The first-order valence-corrected chi connectivity index (χ1v) is 5.99. The monoisotopic (exact) mass is 301 g/mol. The summed E-state index contributed by atoms with van der Waals surface area (Å²) < 4.78 is 1.43. The fraction of sp³-hybridized carbons (Fsp3) is 0. The van der Waals surface area contributed by atoms with E-state index in [9.17, 15) is 9.59 Å². The third-order valence-corrected chi connectivity index (χ3v) is 3.53. The standard InChI is InChI=1S/C12H6Cl3NO2/c13-10-2-1-8(4-11(10)14)16-9(6-18)3-7(5-17)12(16)15/h1-6H. The molecule has 0 bridgehead atoms. The van der Waals surface area contributed by atoms with E-state index >= 15 is 0 Å². The molecule has 0 fully saturated rings. The van der Waals surface area contributed by atoms with Crippen LogP contribution in [0.5, 0.6) is 0 Å². The van der Waals surface area contributed by atoms with Gasteiger partial charge in [0, 0.05) is 5.69 Å². The van der Waals surface area contributed by atoms with Crippen molar-refractivity contribution in [2.45, 2.75) is 0 Å². The molecule has 1 aromatic heterocycles. The number of rotatable bonds is 3. The first-order valence-electron chi connectivity index (χ1n) is 4.85. The Labute approximate surface area is 118 Å². The first-order chi connectivity index (χ1) is 8.58. The molecule has 0 atom stereocenters. The number of carbonyl (C=O) groups excluding carboxylic acids is 2. The number of aldehydes is 2. The van der Waals surface area contributed by atoms with Gasteiger partial charge in [-0.15, -0.1) is 0 Å². The number of hydrogen-bond donors (Lipinski definition) is 0. The number of carbonyl (C=O) groups is 2. The Kier molecular flexibility index (Phi) is 3.76. The smallest absolute Gasteiger partial charge is 0.166 e. The Hall–Kier alpha value is -1.29. The van der Waals surface area contributed by atoms with E-state index in [1.807, 2.05) is 0 Å². The lowest BCUT2D eigenvalue weighted by atomic mass is 10.3. The molecule has 2 rings (SSSR count). The van der Waals surface area contributed by atoms with Gasteiger partial charge in [-0.3, -0.25) is 14.2 Å². The lowest BCUT2D eigenvalue weighted by Crippen LogP contribution is -1.99. The van der Waals surface area contributed by atoms with Gasteiger partial charge in [0.2, 0.25) is 0 Å². The molecule has 0 radical (unpaired) electrons. The molecule has 92 valence electrons. The van der Waals surface area contributed by atoms with E-state index in [4.69, 9.17) is 34.8 Å². The number of benzene rings is 1. The summed E-state index contributed by atoms with van der Waals surface area (Å²) >= 11 is 17.8. The number of hydrogen-bond acceptors (Lipinski definition) is 2. The van der Waals surface area contributed by atoms with E-state index in [-0.39, 0.29) is 16.4 Å². The maximum Gasteiger partial charge on any atom is 0.166 e. The highest BCUT2D eigenvalue weighted by Crippen LogP contribution is 2.29. The molecule has 0 amide bonds. The molecular weight excluding hydrogens is 296 g/mol. The summed E-state index contributed by atoms with van der Waals surface area (Å²) in [7, 11) is 0. The van der Waals surface area contributed by atoms with Crippen LogP contribution in [-0.4, -0.2) is 17.1 Å². The fourth-order valence-electron chi connectivity index (χ4n) is 1.58. The second-order valence-electron chi connectivity index (χ2n) is 3.48. The van der Waals surface area contributed by atoms with Crippen LogP contribution in [0.3, 0.4) is 0 Å². The van der Waals surface area contributed by atoms with Crippen molar-refractivity contribution < 1.29 is 9.59 Å². The molecule has 3 nitrogen and oxygen atoms in total. The normalized spacial score (nSPS) is 10.4. The van der Waals surface area contributed by atoms with Crippen molar-refractivity contribution >= 4 is 47.4 Å². The highest BCUT2D eigenvalue weighted by molar-refractivity contribution is 6.42. The number of aromatic nitrogens is 1. The highest BCUT2D eigenvalue weighted by atomic mass is 35.5. The molecule has 0 saturated carbocycles. The van der Waals surface area contributed by atoms with Crippen LogP contribution in [0.1, 0.15) is 20.8 Å². The van der Waals surface area contributed by atoms with Crippen molar-refractivity contribution in [2.75, 3.05) is 0 Å². The van der Waals surface area contributed by atoms with Crippen LogP contribution >= 0.6 is 34.8 Å². The average molecular weight is 303 g/mol. The Morgan fingerprint density at radius 1 is 0.944 bits per heavy atom. The molecule has 0 aliphatic heterocycles. The minimum atomic E-state index is 0.158. The van der Waals surface area contributed by atoms with Crippen LogP contribution < -0.4 is 0 Å². The lowest BCUT2D eigenvalue weighted by molar-refractivity contribution is 0.111. The average Bonchev–Trinajstić information content (AvgIpc) is 2.69. The van der Waals surface area contributed by atoms with E-state index in [0.29, 0.717) is 28.3 Å². The minimum Gasteiger partial charge on any atom is -0.298 e. The van der Waals surface area contributed by atoms with E-state index in [2.05, 4.69) is 0 Å². The molecule has 2 aromatic rings. The van der Waals surface area contributed by atoms with Crippen LogP contribution in [0.15, 0.2) is 24.3 Å². The lowest BCUT2D eigenvalue weighted by Gasteiger charge is -2.08. The van der Waals surface area contributed by atoms with Gasteiger partial charge in [0.1, 0.15) is 5.15 Å². The Bertz CT molecular complexity index is 634. The molecule has 1 heterocycles. The van der Waals surface area contributed by atoms with E-state index < -0.39 is 0 Å². The molecule has 1 aromatic carbocycles. The van der Waals surface area contributed by atoms with Crippen LogP contribution in [0, 0.1) is 0 Å². The highest BCUT2D eigenvalue weighted by Gasteiger charge is 2.14. The zero-order valence-electron chi connectivity index (χ0n) is 8.86. The molecule has 0 aliphatic carbocycles. The summed E-state index contributed by atoms with van der Waals surface area (Å²) in [5.74, 6) is 0. The molecule has 0 saturated heterocycles. The van der Waals surface area contributed by atoms with Crippen LogP contribution in [0.4, 0.5) is 0 Å². The summed E-state index contributed by atoms with van der Waals surface area (Å²) in [6, 6.07) is 6.22. The first kappa shape index (κ1) is 13.1. The topological polar surface area (TPSA) is 39.1 Å². The third kappa shape index (κ3) is 2.17.